The van der Waals surface area contributed by atoms with Crippen LogP contribution in [0.1, 0.15) is 10.4 Å². The molecule has 138 valence electrons. The molecule has 6 nitrogen and oxygen atoms in total. The van der Waals surface area contributed by atoms with Crippen LogP contribution in [0.2, 0.25) is 0 Å². The highest BCUT2D eigenvalue weighted by Gasteiger charge is 2.09. The second-order valence-electron chi connectivity index (χ2n) is 5.74. The van der Waals surface area contributed by atoms with Gasteiger partial charge in [-0.25, -0.2) is 4.68 Å². The third-order valence-corrected chi connectivity index (χ3v) is 4.67. The second kappa shape index (κ2) is 8.64. The molecule has 0 unspecified atom stereocenters. The van der Waals surface area contributed by atoms with E-state index in [1.165, 1.54) is 10.7 Å². The highest BCUT2D eigenvalue weighted by Crippen LogP contribution is 2.19. The molecule has 1 amide bonds. The van der Waals surface area contributed by atoms with Gasteiger partial charge >= 0.3 is 0 Å². The lowest BCUT2D eigenvalue weighted by Crippen LogP contribution is -2.32. The van der Waals surface area contributed by atoms with Crippen molar-refractivity contribution in [1.82, 2.24) is 15.1 Å². The van der Waals surface area contributed by atoms with Crippen LogP contribution in [0, 0.1) is 0 Å². The summed E-state index contributed by atoms with van der Waals surface area (Å²) in [6, 6.07) is 17.8. The van der Waals surface area contributed by atoms with Crippen molar-refractivity contribution < 1.29 is 9.53 Å². The molecule has 1 aromatic heterocycles. The van der Waals surface area contributed by atoms with Crippen LogP contribution >= 0.6 is 15.9 Å². The van der Waals surface area contributed by atoms with Crippen molar-refractivity contribution in [3.63, 3.8) is 0 Å². The van der Waals surface area contributed by atoms with E-state index < -0.39 is 0 Å². The average molecular weight is 428 g/mol. The predicted molar refractivity (Wildman–Crippen MR) is 107 cm³/mol. The van der Waals surface area contributed by atoms with E-state index >= 15 is 0 Å². The number of benzene rings is 2. The first kappa shape index (κ1) is 18.8. The Labute approximate surface area is 164 Å². The number of halogens is 1. The molecule has 0 aliphatic heterocycles. The molecule has 3 aromatic rings. The van der Waals surface area contributed by atoms with Gasteiger partial charge in [0, 0.05) is 22.6 Å². The third-order valence-electron chi connectivity index (χ3n) is 3.98. The van der Waals surface area contributed by atoms with Gasteiger partial charge in [0.25, 0.3) is 11.5 Å². The first-order valence-corrected chi connectivity index (χ1v) is 9.13. The summed E-state index contributed by atoms with van der Waals surface area (Å²) in [5.74, 6) is 0.545. The number of amides is 1. The first-order valence-electron chi connectivity index (χ1n) is 8.34. The molecule has 3 rings (SSSR count). The quantitative estimate of drug-likeness (QED) is 0.655. The lowest BCUT2D eigenvalue weighted by Gasteiger charge is -2.09. The predicted octanol–water partition coefficient (Wildman–Crippen LogP) is 3.11. The maximum atomic E-state index is 12.2. The Kier molecular flexibility index (Phi) is 6.03. The molecule has 2 aromatic carbocycles. The molecular weight excluding hydrogens is 410 g/mol. The minimum atomic E-state index is -0.220. The zero-order valence-corrected chi connectivity index (χ0v) is 16.3. The molecular formula is C20H18BrN3O3. The van der Waals surface area contributed by atoms with E-state index in [1.54, 1.807) is 31.4 Å². The molecule has 0 aliphatic rings. The van der Waals surface area contributed by atoms with E-state index in [0.29, 0.717) is 17.8 Å². The molecule has 0 bridgehead atoms. The second-order valence-corrected chi connectivity index (χ2v) is 6.60. The van der Waals surface area contributed by atoms with Crippen molar-refractivity contribution >= 4 is 21.8 Å². The van der Waals surface area contributed by atoms with Crippen molar-refractivity contribution in [3.8, 4) is 17.0 Å². The molecule has 0 aliphatic carbocycles. The highest BCUT2D eigenvalue weighted by atomic mass is 79.9. The van der Waals surface area contributed by atoms with Gasteiger partial charge in [-0.3, -0.25) is 9.59 Å². The number of methoxy groups -OCH3 is 1. The lowest BCUT2D eigenvalue weighted by molar-refractivity contribution is 0.0951. The van der Waals surface area contributed by atoms with E-state index in [1.807, 2.05) is 30.3 Å². The van der Waals surface area contributed by atoms with Gasteiger partial charge in [-0.15, -0.1) is 0 Å². The van der Waals surface area contributed by atoms with Gasteiger partial charge in [0.2, 0.25) is 0 Å². The number of nitrogens with zero attached hydrogens (tertiary/aromatic N) is 2. The lowest BCUT2D eigenvalue weighted by atomic mass is 10.1. The van der Waals surface area contributed by atoms with Gasteiger partial charge < -0.3 is 10.1 Å². The van der Waals surface area contributed by atoms with E-state index in [4.69, 9.17) is 4.74 Å². The van der Waals surface area contributed by atoms with E-state index in [-0.39, 0.29) is 18.0 Å². The molecule has 1 N–H and O–H groups in total. The van der Waals surface area contributed by atoms with Crippen LogP contribution in [-0.4, -0.2) is 29.3 Å². The van der Waals surface area contributed by atoms with Crippen molar-refractivity contribution in [2.45, 2.75) is 6.54 Å². The maximum absolute atomic E-state index is 12.2. The van der Waals surface area contributed by atoms with Crippen LogP contribution in [0.25, 0.3) is 11.3 Å². The molecule has 0 fully saturated rings. The van der Waals surface area contributed by atoms with Crippen molar-refractivity contribution in [2.75, 3.05) is 13.7 Å². The Balaban J connectivity index is 1.69. The fourth-order valence-corrected chi connectivity index (χ4v) is 3.01. The van der Waals surface area contributed by atoms with E-state index in [2.05, 4.69) is 26.3 Å². The van der Waals surface area contributed by atoms with E-state index in [9.17, 15) is 9.59 Å². The van der Waals surface area contributed by atoms with Gasteiger partial charge in [-0.1, -0.05) is 12.1 Å². The van der Waals surface area contributed by atoms with E-state index in [0.717, 1.165) is 15.8 Å². The topological polar surface area (TPSA) is 73.2 Å². The van der Waals surface area contributed by atoms with Crippen LogP contribution in [0.3, 0.4) is 0 Å². The Morgan fingerprint density at radius 2 is 1.85 bits per heavy atom. The minimum Gasteiger partial charge on any atom is -0.497 e. The van der Waals surface area contributed by atoms with Crippen molar-refractivity contribution in [2.24, 2.45) is 0 Å². The number of ether oxygens (including phenoxy) is 1. The Morgan fingerprint density at radius 1 is 1.11 bits per heavy atom. The monoisotopic (exact) mass is 427 g/mol. The van der Waals surface area contributed by atoms with Crippen molar-refractivity contribution in [3.05, 3.63) is 81.1 Å². The Bertz CT molecular complexity index is 1000. The Morgan fingerprint density at radius 3 is 2.56 bits per heavy atom. The van der Waals surface area contributed by atoms with Crippen LogP contribution < -0.4 is 15.6 Å². The zero-order valence-electron chi connectivity index (χ0n) is 14.7. The summed E-state index contributed by atoms with van der Waals surface area (Å²) in [6.45, 7) is 0.568. The minimum absolute atomic E-state index is 0.207. The summed E-state index contributed by atoms with van der Waals surface area (Å²) in [7, 11) is 1.61. The summed E-state index contributed by atoms with van der Waals surface area (Å²) in [4.78, 5) is 24.3. The molecule has 1 heterocycles. The van der Waals surface area contributed by atoms with Crippen molar-refractivity contribution in [1.29, 1.82) is 0 Å². The zero-order chi connectivity index (χ0) is 19.2. The van der Waals surface area contributed by atoms with Crippen LogP contribution in [0.15, 0.2) is 69.9 Å². The summed E-state index contributed by atoms with van der Waals surface area (Å²) in [5.41, 5.74) is 1.88. The van der Waals surface area contributed by atoms with Crippen LogP contribution in [0.4, 0.5) is 0 Å². The highest BCUT2D eigenvalue weighted by molar-refractivity contribution is 9.10. The largest absolute Gasteiger partial charge is 0.497 e. The smallest absolute Gasteiger partial charge is 0.266 e. The average Bonchev–Trinajstić information content (AvgIpc) is 2.69. The SMILES string of the molecule is COc1ccc(-c2ccc(=O)n(CCNC(=O)c3ccccc3Br)n2)cc1. The number of rotatable bonds is 6. The fourth-order valence-electron chi connectivity index (χ4n) is 2.54. The molecule has 0 saturated carbocycles. The molecule has 0 saturated heterocycles. The normalized spacial score (nSPS) is 10.4. The Hall–Kier alpha value is -2.93. The molecule has 0 atom stereocenters. The number of aromatic nitrogens is 2. The summed E-state index contributed by atoms with van der Waals surface area (Å²) in [5, 5.41) is 7.19. The molecule has 27 heavy (non-hydrogen) atoms. The summed E-state index contributed by atoms with van der Waals surface area (Å²) < 4.78 is 7.22. The first-order chi connectivity index (χ1) is 13.1. The molecule has 0 radical (unpaired) electrons. The number of carbonyl (C=O) groups is 1. The van der Waals surface area contributed by atoms with Gasteiger partial charge in [0.1, 0.15) is 5.75 Å². The van der Waals surface area contributed by atoms with Gasteiger partial charge in [-0.2, -0.15) is 5.10 Å². The van der Waals surface area contributed by atoms with Gasteiger partial charge in [-0.05, 0) is 58.4 Å². The van der Waals surface area contributed by atoms with Gasteiger partial charge in [0.05, 0.1) is 24.9 Å². The molecule has 0 spiro atoms. The number of hydrogen-bond donors (Lipinski definition) is 1. The number of nitrogens with one attached hydrogen (secondary N) is 1. The van der Waals surface area contributed by atoms with Crippen LogP contribution in [0.5, 0.6) is 5.75 Å². The van der Waals surface area contributed by atoms with Gasteiger partial charge in [0.15, 0.2) is 0 Å². The van der Waals surface area contributed by atoms with Crippen LogP contribution in [-0.2, 0) is 6.54 Å². The standard InChI is InChI=1S/C20H18BrN3O3/c1-27-15-8-6-14(7-9-15)18-10-11-19(25)24(23-18)13-12-22-20(26)16-4-2-3-5-17(16)21/h2-11H,12-13H2,1H3,(H,22,26). The number of hydrogen-bond acceptors (Lipinski definition) is 4. The molecule has 7 heteroatoms. The fraction of sp³-hybridized carbons (Fsp3) is 0.150. The summed E-state index contributed by atoms with van der Waals surface area (Å²) in [6.07, 6.45) is 0. The number of carbonyl (C=O) groups excluding carboxylic acids is 1. The third kappa shape index (κ3) is 4.62. The maximum Gasteiger partial charge on any atom is 0.266 e. The summed E-state index contributed by atoms with van der Waals surface area (Å²) >= 11 is 3.35.